The second-order valence-corrected chi connectivity index (χ2v) is 3.25. The Morgan fingerprint density at radius 3 is 2.58 bits per heavy atom. The van der Waals surface area contributed by atoms with E-state index in [2.05, 4.69) is 9.47 Å². The van der Waals surface area contributed by atoms with Gasteiger partial charge in [-0.3, -0.25) is 0 Å². The summed E-state index contributed by atoms with van der Waals surface area (Å²) in [5.74, 6) is -2.60. The molecule has 0 amide bonds. The Kier molecular flexibility index (Phi) is 4.22. The van der Waals surface area contributed by atoms with Crippen molar-refractivity contribution >= 4 is 5.97 Å². The number of aromatic hydroxyl groups is 1. The molecule has 0 radical (unpaired) electrons. The topological polar surface area (TPSA) is 79.6 Å². The summed E-state index contributed by atoms with van der Waals surface area (Å²) in [6.45, 7) is 1.53. The molecule has 19 heavy (non-hydrogen) atoms. The van der Waals surface area contributed by atoms with E-state index in [1.807, 2.05) is 0 Å². The first-order chi connectivity index (χ1) is 8.78. The van der Waals surface area contributed by atoms with E-state index < -0.39 is 35.0 Å². The fraction of sp³-hybridized carbons (Fsp3) is 0.273. The summed E-state index contributed by atoms with van der Waals surface area (Å²) in [5.41, 5.74) is -0.953. The molecule has 1 aromatic rings. The lowest BCUT2D eigenvalue weighted by molar-refractivity contribution is -0.274. The molecule has 5 nitrogen and oxygen atoms in total. The van der Waals surface area contributed by atoms with Crippen LogP contribution in [0.2, 0.25) is 0 Å². The minimum Gasteiger partial charge on any atom is -0.507 e. The number of ether oxygens (including phenoxy) is 2. The van der Waals surface area contributed by atoms with Crippen LogP contribution >= 0.6 is 0 Å². The van der Waals surface area contributed by atoms with Crippen LogP contribution in [0.3, 0.4) is 0 Å². The third-order valence-electron chi connectivity index (χ3n) is 1.94. The van der Waals surface area contributed by atoms with Crippen LogP contribution in [-0.4, -0.2) is 24.0 Å². The molecule has 1 aromatic carbocycles. The molecule has 0 aliphatic rings. The molecule has 0 fully saturated rings. The van der Waals surface area contributed by atoms with Crippen molar-refractivity contribution in [3.8, 4) is 17.6 Å². The van der Waals surface area contributed by atoms with Crippen molar-refractivity contribution < 1.29 is 32.5 Å². The predicted molar refractivity (Wildman–Crippen MR) is 55.5 cm³/mol. The summed E-state index contributed by atoms with van der Waals surface area (Å²) in [7, 11) is 0. The first-order valence-corrected chi connectivity index (χ1v) is 4.98. The van der Waals surface area contributed by atoms with Gasteiger partial charge in [-0.15, -0.1) is 13.2 Å². The fourth-order valence-electron chi connectivity index (χ4n) is 1.24. The van der Waals surface area contributed by atoms with Gasteiger partial charge in [-0.1, -0.05) is 0 Å². The maximum absolute atomic E-state index is 12.1. The molecule has 0 aliphatic carbocycles. The van der Waals surface area contributed by atoms with Crippen LogP contribution in [0, 0.1) is 11.3 Å². The molecule has 0 heterocycles. The number of hydrogen-bond acceptors (Lipinski definition) is 5. The molecule has 0 spiro atoms. The maximum Gasteiger partial charge on any atom is 0.573 e. The maximum atomic E-state index is 12.1. The van der Waals surface area contributed by atoms with E-state index in [0.29, 0.717) is 6.07 Å². The summed E-state index contributed by atoms with van der Waals surface area (Å²) in [6.07, 6.45) is -5.01. The Labute approximate surface area is 105 Å². The molecule has 1 rings (SSSR count). The second-order valence-electron chi connectivity index (χ2n) is 3.25. The van der Waals surface area contributed by atoms with Gasteiger partial charge in [-0.05, 0) is 13.0 Å². The molecule has 102 valence electrons. The molecular weight excluding hydrogens is 267 g/mol. The molecule has 0 saturated carbocycles. The van der Waals surface area contributed by atoms with Gasteiger partial charge >= 0.3 is 12.3 Å². The number of esters is 1. The number of benzene rings is 1. The lowest BCUT2D eigenvalue weighted by Crippen LogP contribution is -2.18. The number of halogens is 3. The van der Waals surface area contributed by atoms with Crippen molar-refractivity contribution in [3.63, 3.8) is 0 Å². The van der Waals surface area contributed by atoms with Crippen LogP contribution in [0.4, 0.5) is 13.2 Å². The van der Waals surface area contributed by atoms with E-state index in [0.717, 1.165) is 6.07 Å². The number of hydrogen-bond donors (Lipinski definition) is 1. The molecule has 0 bridgehead atoms. The minimum atomic E-state index is -5.01. The first-order valence-electron chi connectivity index (χ1n) is 4.98. The molecule has 0 atom stereocenters. The highest BCUT2D eigenvalue weighted by atomic mass is 19.4. The average molecular weight is 275 g/mol. The number of phenols is 1. The number of nitrogens with zero attached hydrogens (tertiary/aromatic N) is 1. The SMILES string of the molecule is CCOC(=O)c1cc(C#N)c(OC(F)(F)F)cc1O. The van der Waals surface area contributed by atoms with Gasteiger partial charge in [0, 0.05) is 6.07 Å². The lowest BCUT2D eigenvalue weighted by atomic mass is 10.1. The monoisotopic (exact) mass is 275 g/mol. The van der Waals surface area contributed by atoms with E-state index >= 15 is 0 Å². The van der Waals surface area contributed by atoms with Crippen molar-refractivity contribution in [3.05, 3.63) is 23.3 Å². The summed E-state index contributed by atoms with van der Waals surface area (Å²) in [6, 6.07) is 2.75. The highest BCUT2D eigenvalue weighted by Gasteiger charge is 2.33. The zero-order chi connectivity index (χ0) is 14.6. The van der Waals surface area contributed by atoms with Crippen LogP contribution in [0.1, 0.15) is 22.8 Å². The quantitative estimate of drug-likeness (QED) is 0.856. The van der Waals surface area contributed by atoms with E-state index in [-0.39, 0.29) is 6.61 Å². The van der Waals surface area contributed by atoms with Crippen LogP contribution in [0.5, 0.6) is 11.5 Å². The van der Waals surface area contributed by atoms with Gasteiger partial charge in [0.15, 0.2) is 5.75 Å². The molecule has 8 heteroatoms. The summed E-state index contributed by atoms with van der Waals surface area (Å²) < 4.78 is 44.3. The van der Waals surface area contributed by atoms with Crippen molar-refractivity contribution in [2.45, 2.75) is 13.3 Å². The smallest absolute Gasteiger partial charge is 0.507 e. The number of alkyl halides is 3. The van der Waals surface area contributed by atoms with Gasteiger partial charge in [-0.2, -0.15) is 5.26 Å². The molecule has 0 aromatic heterocycles. The minimum absolute atomic E-state index is 0.0148. The summed E-state index contributed by atoms with van der Waals surface area (Å²) >= 11 is 0. The fourth-order valence-corrected chi connectivity index (χ4v) is 1.24. The third kappa shape index (κ3) is 3.77. The third-order valence-corrected chi connectivity index (χ3v) is 1.94. The molecular formula is C11H8F3NO4. The molecule has 0 saturated heterocycles. The number of nitriles is 1. The number of carbonyl (C=O) groups is 1. The van der Waals surface area contributed by atoms with Crippen LogP contribution in [0.25, 0.3) is 0 Å². The Morgan fingerprint density at radius 2 is 2.11 bits per heavy atom. The standard InChI is InChI=1S/C11H8F3NO4/c1-2-18-10(17)7-3-6(5-15)9(4-8(7)16)19-11(12,13)14/h3-4,16H,2H2,1H3. The summed E-state index contributed by atoms with van der Waals surface area (Å²) in [4.78, 5) is 11.4. The average Bonchev–Trinajstić information content (AvgIpc) is 2.27. The highest BCUT2D eigenvalue weighted by Crippen LogP contribution is 2.32. The van der Waals surface area contributed by atoms with Gasteiger partial charge in [0.05, 0.1) is 12.2 Å². The van der Waals surface area contributed by atoms with Gasteiger partial charge in [0.1, 0.15) is 17.4 Å². The van der Waals surface area contributed by atoms with Crippen molar-refractivity contribution in [2.24, 2.45) is 0 Å². The summed E-state index contributed by atoms with van der Waals surface area (Å²) in [5, 5.41) is 18.2. The first kappa shape index (κ1) is 14.6. The predicted octanol–water partition coefficient (Wildman–Crippen LogP) is 2.34. The van der Waals surface area contributed by atoms with E-state index in [9.17, 15) is 23.1 Å². The molecule has 1 N–H and O–H groups in total. The number of phenolic OH excluding ortho intramolecular Hbond substituents is 1. The largest absolute Gasteiger partial charge is 0.573 e. The Morgan fingerprint density at radius 1 is 1.47 bits per heavy atom. The van der Waals surface area contributed by atoms with Crippen LogP contribution in [-0.2, 0) is 4.74 Å². The van der Waals surface area contributed by atoms with Gasteiger partial charge < -0.3 is 14.6 Å². The van der Waals surface area contributed by atoms with Crippen molar-refractivity contribution in [1.82, 2.24) is 0 Å². The van der Waals surface area contributed by atoms with E-state index in [1.54, 1.807) is 0 Å². The Balaban J connectivity index is 3.22. The van der Waals surface area contributed by atoms with E-state index in [4.69, 9.17) is 5.26 Å². The van der Waals surface area contributed by atoms with Crippen LogP contribution in [0.15, 0.2) is 12.1 Å². The van der Waals surface area contributed by atoms with Gasteiger partial charge in [0.25, 0.3) is 0 Å². The number of carbonyl (C=O) groups excluding carboxylic acids is 1. The molecule has 0 unspecified atom stereocenters. The highest BCUT2D eigenvalue weighted by molar-refractivity contribution is 5.93. The van der Waals surface area contributed by atoms with Crippen molar-refractivity contribution in [2.75, 3.05) is 6.61 Å². The Bertz CT molecular complexity index is 534. The Hall–Kier alpha value is -2.43. The number of rotatable bonds is 3. The lowest BCUT2D eigenvalue weighted by Gasteiger charge is -2.12. The normalized spacial score (nSPS) is 10.7. The zero-order valence-electron chi connectivity index (χ0n) is 9.61. The second kappa shape index (κ2) is 5.48. The van der Waals surface area contributed by atoms with Crippen molar-refractivity contribution in [1.29, 1.82) is 5.26 Å². The van der Waals surface area contributed by atoms with E-state index in [1.165, 1.54) is 13.0 Å². The van der Waals surface area contributed by atoms with Crippen LogP contribution < -0.4 is 4.74 Å². The van der Waals surface area contributed by atoms with Gasteiger partial charge in [0.2, 0.25) is 0 Å². The molecule has 0 aliphatic heterocycles. The van der Waals surface area contributed by atoms with Gasteiger partial charge in [-0.25, -0.2) is 4.79 Å². The zero-order valence-corrected chi connectivity index (χ0v) is 9.61.